The van der Waals surface area contributed by atoms with Crippen molar-refractivity contribution in [2.24, 2.45) is 0 Å². The molecular formula is C2H4O5S2. The molecule has 0 heterocycles. The first-order chi connectivity index (χ1) is 3.98. The molecule has 0 atom stereocenters. The summed E-state index contributed by atoms with van der Waals surface area (Å²) in [7, 11) is -5.81. The normalized spacial score (nSPS) is 10.8. The van der Waals surface area contributed by atoms with Gasteiger partial charge in [-0.1, -0.05) is 0 Å². The predicted octanol–water partition coefficient (Wildman–Crippen LogP) is -1.40. The van der Waals surface area contributed by atoms with Crippen LogP contribution in [-0.4, -0.2) is 28.6 Å². The van der Waals surface area contributed by atoms with Gasteiger partial charge < -0.3 is 0 Å². The lowest BCUT2D eigenvalue weighted by atomic mass is 11.8. The summed E-state index contributed by atoms with van der Waals surface area (Å²) in [6.45, 7) is 0. The van der Waals surface area contributed by atoms with Gasteiger partial charge in [-0.15, -0.1) is 0 Å². The van der Waals surface area contributed by atoms with Crippen LogP contribution in [0.15, 0.2) is 0 Å². The second-order valence-corrected chi connectivity index (χ2v) is 3.63. The van der Waals surface area contributed by atoms with E-state index in [1.807, 2.05) is 0 Å². The molecule has 0 aromatic heterocycles. The third kappa shape index (κ3) is 4.13. The van der Waals surface area contributed by atoms with E-state index < -0.39 is 20.4 Å². The molecule has 0 aliphatic rings. The Hall–Kier alpha value is -0.400. The average Bonchev–Trinajstić information content (AvgIpc) is 1.63. The molecule has 0 bridgehead atoms. The maximum absolute atomic E-state index is 10.1. The molecule has 0 N–H and O–H groups in total. The molecule has 0 aliphatic heterocycles. The van der Waals surface area contributed by atoms with Gasteiger partial charge in [-0.25, -0.2) is 0 Å². The van der Waals surface area contributed by atoms with Crippen LogP contribution in [0.5, 0.6) is 0 Å². The highest BCUT2D eigenvalue weighted by atomic mass is 32.3. The molecule has 0 aromatic rings. The van der Waals surface area contributed by atoms with Crippen LogP contribution in [0.3, 0.4) is 0 Å². The zero-order valence-electron chi connectivity index (χ0n) is 4.44. The van der Waals surface area contributed by atoms with Crippen molar-refractivity contribution in [3.63, 3.8) is 0 Å². The van der Waals surface area contributed by atoms with Crippen LogP contribution in [0.1, 0.15) is 0 Å². The Balaban J connectivity index is 4.85. The van der Waals surface area contributed by atoms with Crippen molar-refractivity contribution >= 4 is 25.1 Å². The topological polar surface area (TPSA) is 77.5 Å². The highest BCUT2D eigenvalue weighted by molar-refractivity contribution is 8.10. The summed E-state index contributed by atoms with van der Waals surface area (Å²) in [6, 6.07) is 0. The van der Waals surface area contributed by atoms with Crippen LogP contribution >= 0.6 is 0 Å². The minimum Gasteiger partial charge on any atom is -0.269 e. The van der Waals surface area contributed by atoms with Crippen LogP contribution in [-0.2, 0) is 24.6 Å². The monoisotopic (exact) mass is 172 g/mol. The lowest BCUT2D eigenvalue weighted by Crippen LogP contribution is -2.02. The Kier molecular flexibility index (Phi) is 2.82. The molecule has 0 aromatic carbocycles. The molecule has 0 fully saturated rings. The first-order valence-corrected chi connectivity index (χ1v) is 4.32. The molecule has 9 heavy (non-hydrogen) atoms. The summed E-state index contributed by atoms with van der Waals surface area (Å²) in [6.07, 6.45) is 0. The van der Waals surface area contributed by atoms with Crippen molar-refractivity contribution in [3.8, 4) is 0 Å². The molecule has 0 unspecified atom stereocenters. The Morgan fingerprint density at radius 2 is 1.89 bits per heavy atom. The van der Waals surface area contributed by atoms with Gasteiger partial charge in [0.1, 0.15) is 0 Å². The highest BCUT2D eigenvalue weighted by Crippen LogP contribution is 1.80. The van der Waals surface area contributed by atoms with Crippen molar-refractivity contribution in [2.75, 3.05) is 7.11 Å². The lowest BCUT2D eigenvalue weighted by Gasteiger charge is -1.84. The van der Waals surface area contributed by atoms with Crippen LogP contribution in [0.4, 0.5) is 0 Å². The fraction of sp³-hybridized carbons (Fsp3) is 0.500. The van der Waals surface area contributed by atoms with Gasteiger partial charge in [0.15, 0.2) is 4.70 Å². The zero-order valence-corrected chi connectivity index (χ0v) is 6.07. The maximum atomic E-state index is 10.1. The van der Waals surface area contributed by atoms with Crippen LogP contribution in [0.25, 0.3) is 0 Å². The van der Waals surface area contributed by atoms with Gasteiger partial charge in [0.05, 0.1) is 7.11 Å². The molecule has 54 valence electrons. The summed E-state index contributed by atoms with van der Waals surface area (Å²) in [5.74, 6) is 0. The third-order valence-electron chi connectivity index (χ3n) is 0.429. The molecule has 0 amide bonds. The molecule has 0 saturated heterocycles. The maximum Gasteiger partial charge on any atom is 0.304 e. The quantitative estimate of drug-likeness (QED) is 0.378. The molecule has 0 saturated carbocycles. The van der Waals surface area contributed by atoms with E-state index >= 15 is 0 Å². The van der Waals surface area contributed by atoms with E-state index in [-0.39, 0.29) is 4.70 Å². The first-order valence-electron chi connectivity index (χ1n) is 1.71. The Labute approximate surface area is 53.9 Å². The summed E-state index contributed by atoms with van der Waals surface area (Å²) < 4.78 is 43.4. The van der Waals surface area contributed by atoms with Gasteiger partial charge in [0, 0.05) is 0 Å². The van der Waals surface area contributed by atoms with E-state index in [2.05, 4.69) is 4.18 Å². The summed E-state index contributed by atoms with van der Waals surface area (Å²) in [5.41, 5.74) is 0. The van der Waals surface area contributed by atoms with E-state index in [9.17, 15) is 16.8 Å². The first kappa shape index (κ1) is 8.60. The van der Waals surface area contributed by atoms with Crippen molar-refractivity contribution in [3.05, 3.63) is 0 Å². The Bertz CT molecular complexity index is 284. The summed E-state index contributed by atoms with van der Waals surface area (Å²) >= 11 is 0. The number of hydrogen-bond acceptors (Lipinski definition) is 5. The SMILES string of the molecule is COS(=O)(=O)C=S(=O)=O. The predicted molar refractivity (Wildman–Crippen MR) is 30.9 cm³/mol. The molecule has 0 radical (unpaired) electrons. The molecule has 0 spiro atoms. The molecular weight excluding hydrogens is 168 g/mol. The minimum atomic E-state index is -3.96. The smallest absolute Gasteiger partial charge is 0.269 e. The molecule has 7 heteroatoms. The second kappa shape index (κ2) is 2.95. The van der Waals surface area contributed by atoms with Gasteiger partial charge >= 0.3 is 10.1 Å². The standard InChI is InChI=1S/C2H4O5S2/c1-7-9(5,6)2-8(3)4/h2H,1H3. The summed E-state index contributed by atoms with van der Waals surface area (Å²) in [4.78, 5) is 0. The summed E-state index contributed by atoms with van der Waals surface area (Å²) in [5, 5.41) is 0. The van der Waals surface area contributed by atoms with Crippen molar-refractivity contribution in [1.82, 2.24) is 0 Å². The second-order valence-electron chi connectivity index (χ2n) is 1.02. The Morgan fingerprint density at radius 3 is 2.00 bits per heavy atom. The van der Waals surface area contributed by atoms with E-state index in [1.54, 1.807) is 0 Å². The molecule has 5 nitrogen and oxygen atoms in total. The average molecular weight is 172 g/mol. The minimum absolute atomic E-state index is 0.0764. The molecule has 0 aliphatic carbocycles. The van der Waals surface area contributed by atoms with Gasteiger partial charge in [-0.05, 0) is 0 Å². The van der Waals surface area contributed by atoms with E-state index in [4.69, 9.17) is 0 Å². The van der Waals surface area contributed by atoms with Gasteiger partial charge in [-0.2, -0.15) is 16.8 Å². The third-order valence-corrected chi connectivity index (χ3v) is 2.46. The van der Waals surface area contributed by atoms with Gasteiger partial charge in [0.2, 0.25) is 10.3 Å². The van der Waals surface area contributed by atoms with Crippen LogP contribution < -0.4 is 0 Å². The van der Waals surface area contributed by atoms with Crippen molar-refractivity contribution < 1.29 is 21.0 Å². The number of hydrogen-bond donors (Lipinski definition) is 0. The van der Waals surface area contributed by atoms with Crippen molar-refractivity contribution in [2.45, 2.75) is 0 Å². The van der Waals surface area contributed by atoms with E-state index in [0.717, 1.165) is 7.11 Å². The van der Waals surface area contributed by atoms with Crippen LogP contribution in [0.2, 0.25) is 0 Å². The van der Waals surface area contributed by atoms with Crippen LogP contribution in [0, 0.1) is 0 Å². The highest BCUT2D eigenvalue weighted by Gasteiger charge is 2.01. The molecule has 0 rings (SSSR count). The zero-order chi connectivity index (χ0) is 7.49. The number of rotatable bonds is 2. The van der Waals surface area contributed by atoms with Gasteiger partial charge in [-0.3, -0.25) is 4.18 Å². The van der Waals surface area contributed by atoms with Gasteiger partial charge in [0.25, 0.3) is 0 Å². The Morgan fingerprint density at radius 1 is 1.44 bits per heavy atom. The van der Waals surface area contributed by atoms with E-state index in [0.29, 0.717) is 0 Å². The largest absolute Gasteiger partial charge is 0.304 e. The van der Waals surface area contributed by atoms with E-state index in [1.165, 1.54) is 0 Å². The lowest BCUT2D eigenvalue weighted by molar-refractivity contribution is 0.410. The fourth-order valence-electron chi connectivity index (χ4n) is 0.136. The van der Waals surface area contributed by atoms with Crippen molar-refractivity contribution in [1.29, 1.82) is 0 Å². The fourth-order valence-corrected chi connectivity index (χ4v) is 1.22.